The van der Waals surface area contributed by atoms with Gasteiger partial charge in [0.25, 0.3) is 0 Å². The number of hydrogen-bond acceptors (Lipinski definition) is 9. The van der Waals surface area contributed by atoms with E-state index in [0.717, 1.165) is 25.1 Å². The fourth-order valence-corrected chi connectivity index (χ4v) is 5.48. The molecule has 0 saturated carbocycles. The van der Waals surface area contributed by atoms with E-state index in [1.807, 2.05) is 13.0 Å². The zero-order valence-corrected chi connectivity index (χ0v) is 23.1. The third-order valence-electron chi connectivity index (χ3n) is 7.66. The summed E-state index contributed by atoms with van der Waals surface area (Å²) >= 11 is 0. The minimum atomic E-state index is -5.05. The van der Waals surface area contributed by atoms with Gasteiger partial charge in [0, 0.05) is 29.1 Å². The molecule has 0 aliphatic carbocycles. The number of nitrogens with one attached hydrogen (secondary N) is 2. The highest BCUT2D eigenvalue weighted by molar-refractivity contribution is 5.97. The van der Waals surface area contributed by atoms with Gasteiger partial charge in [-0.05, 0) is 31.9 Å². The molecule has 1 unspecified atom stereocenters. The van der Waals surface area contributed by atoms with Gasteiger partial charge in [0.05, 0.1) is 37.1 Å². The molecule has 42 heavy (non-hydrogen) atoms. The highest BCUT2D eigenvalue weighted by Crippen LogP contribution is 2.45. The summed E-state index contributed by atoms with van der Waals surface area (Å²) in [6.45, 7) is 6.03. The Morgan fingerprint density at radius 2 is 1.93 bits per heavy atom. The van der Waals surface area contributed by atoms with E-state index in [4.69, 9.17) is 19.9 Å². The second kappa shape index (κ2) is 10.1. The first-order chi connectivity index (χ1) is 19.8. The lowest BCUT2D eigenvalue weighted by Crippen LogP contribution is -2.44. The number of aromatic nitrogens is 3. The number of nitrogens with zero attached hydrogens (tertiary/aromatic N) is 3. The lowest BCUT2D eigenvalue weighted by Gasteiger charge is -2.37. The summed E-state index contributed by atoms with van der Waals surface area (Å²) < 4.78 is 91.1. The van der Waals surface area contributed by atoms with E-state index in [1.165, 1.54) is 0 Å². The van der Waals surface area contributed by atoms with Crippen molar-refractivity contribution in [1.82, 2.24) is 20.3 Å². The third kappa shape index (κ3) is 5.01. The molecule has 5 heterocycles. The molecular formula is C28H29F5N6O3. The lowest BCUT2D eigenvalue weighted by molar-refractivity contribution is -0.137. The Bertz CT molecular complexity index is 1610. The van der Waals surface area contributed by atoms with Crippen LogP contribution >= 0.6 is 0 Å². The molecule has 0 spiro atoms. The Hall–Kier alpha value is -3.94. The van der Waals surface area contributed by atoms with Gasteiger partial charge in [-0.3, -0.25) is 0 Å². The molecule has 2 bridgehead atoms. The fraction of sp³-hybridized carbons (Fsp3) is 0.464. The van der Waals surface area contributed by atoms with Gasteiger partial charge < -0.3 is 30.6 Å². The molecule has 1 saturated heterocycles. The Morgan fingerprint density at radius 1 is 1.17 bits per heavy atom. The average molecular weight is 593 g/mol. The molecule has 0 amide bonds. The highest BCUT2D eigenvalue weighted by Gasteiger charge is 2.40. The Morgan fingerprint density at radius 3 is 2.62 bits per heavy atom. The third-order valence-corrected chi connectivity index (χ3v) is 7.66. The first-order valence-electron chi connectivity index (χ1n) is 13.5. The maximum Gasteiger partial charge on any atom is 0.417 e. The van der Waals surface area contributed by atoms with E-state index in [9.17, 15) is 17.6 Å². The molecule has 14 heteroatoms. The van der Waals surface area contributed by atoms with E-state index in [0.29, 0.717) is 26.2 Å². The highest BCUT2D eigenvalue weighted by atomic mass is 19.4. The first-order valence-corrected chi connectivity index (χ1v) is 13.5. The van der Waals surface area contributed by atoms with Crippen molar-refractivity contribution in [3.63, 3.8) is 0 Å². The molecule has 1 fully saturated rings. The van der Waals surface area contributed by atoms with E-state index in [1.54, 1.807) is 6.92 Å². The minimum absolute atomic E-state index is 0.0346. The zero-order chi connectivity index (χ0) is 30.0. The van der Waals surface area contributed by atoms with Gasteiger partial charge in [0.1, 0.15) is 34.8 Å². The lowest BCUT2D eigenvalue weighted by atomic mass is 9.90. The Kier molecular flexibility index (Phi) is 6.78. The number of pyridine rings is 1. The number of alkyl halides is 3. The monoisotopic (exact) mass is 592 g/mol. The summed E-state index contributed by atoms with van der Waals surface area (Å²) in [6, 6.07) is 0.592. The van der Waals surface area contributed by atoms with Gasteiger partial charge in [0.2, 0.25) is 5.88 Å². The second-order valence-electron chi connectivity index (χ2n) is 11.4. The van der Waals surface area contributed by atoms with E-state index in [-0.39, 0.29) is 46.7 Å². The second-order valence-corrected chi connectivity index (χ2v) is 11.4. The number of nitrogen functional groups attached to an aromatic ring is 1. The van der Waals surface area contributed by atoms with Crippen LogP contribution in [-0.2, 0) is 10.9 Å². The molecule has 3 aliphatic heterocycles. The van der Waals surface area contributed by atoms with Crippen molar-refractivity contribution in [2.24, 2.45) is 5.41 Å². The van der Waals surface area contributed by atoms with Crippen molar-refractivity contribution < 1.29 is 36.2 Å². The zero-order valence-electron chi connectivity index (χ0n) is 23.1. The summed E-state index contributed by atoms with van der Waals surface area (Å²) in [7, 11) is 0. The number of benzene rings is 1. The van der Waals surface area contributed by atoms with Crippen molar-refractivity contribution in [2.75, 3.05) is 37.4 Å². The minimum Gasteiger partial charge on any atom is -0.474 e. The van der Waals surface area contributed by atoms with Gasteiger partial charge in [-0.25, -0.2) is 13.8 Å². The van der Waals surface area contributed by atoms with Crippen LogP contribution in [0.25, 0.3) is 22.2 Å². The Balaban J connectivity index is 1.59. The molecule has 0 radical (unpaired) electrons. The fourth-order valence-electron chi connectivity index (χ4n) is 5.48. The molecule has 2 atom stereocenters. The number of hydrogen-bond donors (Lipinski definition) is 3. The van der Waals surface area contributed by atoms with Crippen LogP contribution in [0.5, 0.6) is 11.9 Å². The molecule has 224 valence electrons. The van der Waals surface area contributed by atoms with Crippen LogP contribution in [0, 0.1) is 24.0 Å². The van der Waals surface area contributed by atoms with Gasteiger partial charge >= 0.3 is 12.2 Å². The topological polar surface area (TPSA) is 116 Å². The van der Waals surface area contributed by atoms with Crippen molar-refractivity contribution >= 4 is 22.4 Å². The van der Waals surface area contributed by atoms with Gasteiger partial charge in [0.15, 0.2) is 5.82 Å². The smallest absolute Gasteiger partial charge is 0.417 e. The molecular weight excluding hydrogens is 563 g/mol. The van der Waals surface area contributed by atoms with E-state index >= 15 is 4.39 Å². The maximum absolute atomic E-state index is 16.4. The molecule has 3 aromatic rings. The number of nitrogens with two attached hydrogens (primary N) is 1. The number of fused-ring (bicyclic) bond motifs is 2. The van der Waals surface area contributed by atoms with Crippen LogP contribution in [0.4, 0.5) is 33.5 Å². The summed E-state index contributed by atoms with van der Waals surface area (Å²) in [5.74, 6) is -2.49. The first kappa shape index (κ1) is 28.2. The summed E-state index contributed by atoms with van der Waals surface area (Å²) in [5.41, 5.74) is 1.72. The standard InChI is InChI=1S/C28H29F5N6O3/c1-12-6-14-4-5-15(36-14)8-35-24-18-23(38-26(39-24)41-11-27(3)9-40-10-27)21(30)22(37-25(18)42-12)16-7-17(34)20(29)13(2)19(16)28(31,32)33/h5,7,12,14,36H,4,6,8-11,34H2,1-3H3,(H,35,38,39)/t12-,14?/m0/s1. The van der Waals surface area contributed by atoms with Crippen molar-refractivity contribution in [2.45, 2.75) is 51.9 Å². The van der Waals surface area contributed by atoms with Crippen molar-refractivity contribution in [1.29, 1.82) is 0 Å². The predicted molar refractivity (Wildman–Crippen MR) is 144 cm³/mol. The van der Waals surface area contributed by atoms with Crippen molar-refractivity contribution in [3.05, 3.63) is 40.6 Å². The predicted octanol–water partition coefficient (Wildman–Crippen LogP) is 5.12. The van der Waals surface area contributed by atoms with Crippen LogP contribution in [0.2, 0.25) is 0 Å². The van der Waals surface area contributed by atoms with Gasteiger partial charge in [-0.15, -0.1) is 0 Å². The number of halogens is 5. The Labute approximate surface area is 237 Å². The molecule has 2 aromatic heterocycles. The SMILES string of the molecule is Cc1c(F)c(N)cc(-c2nc3c4c(nc(OCC5(C)COC5)nc4c2F)NCC2=CCC(C[C@H](C)O3)N2)c1C(F)(F)F. The molecule has 4 N–H and O–H groups in total. The summed E-state index contributed by atoms with van der Waals surface area (Å²) in [6.07, 6.45) is -2.20. The van der Waals surface area contributed by atoms with Crippen LogP contribution in [-0.4, -0.2) is 53.5 Å². The number of rotatable bonds is 4. The quantitative estimate of drug-likeness (QED) is 0.280. The van der Waals surface area contributed by atoms with E-state index < -0.39 is 52.0 Å². The van der Waals surface area contributed by atoms with Gasteiger partial charge in [-0.2, -0.15) is 23.1 Å². The number of ether oxygens (including phenoxy) is 3. The van der Waals surface area contributed by atoms with Crippen molar-refractivity contribution in [3.8, 4) is 23.1 Å². The normalized spacial score (nSPS) is 21.4. The maximum atomic E-state index is 16.4. The van der Waals surface area contributed by atoms with Crippen LogP contribution in [0.3, 0.4) is 0 Å². The molecule has 3 aliphatic rings. The average Bonchev–Trinajstić information content (AvgIpc) is 3.34. The molecule has 1 aromatic carbocycles. The molecule has 9 nitrogen and oxygen atoms in total. The van der Waals surface area contributed by atoms with Crippen LogP contribution < -0.4 is 25.8 Å². The van der Waals surface area contributed by atoms with Crippen LogP contribution in [0.15, 0.2) is 17.8 Å². The summed E-state index contributed by atoms with van der Waals surface area (Å²) in [5, 5.41) is 6.60. The summed E-state index contributed by atoms with van der Waals surface area (Å²) in [4.78, 5) is 13.0. The molecule has 6 rings (SSSR count). The van der Waals surface area contributed by atoms with E-state index in [2.05, 4.69) is 25.6 Å². The number of anilines is 2. The largest absolute Gasteiger partial charge is 0.474 e. The van der Waals surface area contributed by atoms with Crippen LogP contribution in [0.1, 0.15) is 37.8 Å². The van der Waals surface area contributed by atoms with Gasteiger partial charge in [-0.1, -0.05) is 13.0 Å².